The van der Waals surface area contributed by atoms with Gasteiger partial charge in [-0.05, 0) is 22.0 Å². The SMILES string of the molecule is NCC1(c2nc(-c3cc(Br)cs3)cs2)COC1. The van der Waals surface area contributed by atoms with E-state index in [-0.39, 0.29) is 5.41 Å². The molecule has 3 rings (SSSR count). The van der Waals surface area contributed by atoms with Gasteiger partial charge in [0, 0.05) is 21.8 Å². The van der Waals surface area contributed by atoms with Crippen LogP contribution in [0.15, 0.2) is 21.3 Å². The van der Waals surface area contributed by atoms with Crippen LogP contribution in [0.5, 0.6) is 0 Å². The standard InChI is InChI=1S/C11H11BrN2OS2/c12-7-1-9(16-2-7)8-3-17-10(14-8)11(4-13)5-15-6-11/h1-3H,4-6,13H2. The summed E-state index contributed by atoms with van der Waals surface area (Å²) in [5.74, 6) is 0. The van der Waals surface area contributed by atoms with Crippen LogP contribution in [0.25, 0.3) is 10.6 Å². The van der Waals surface area contributed by atoms with E-state index < -0.39 is 0 Å². The Labute approximate surface area is 116 Å². The van der Waals surface area contributed by atoms with E-state index in [1.54, 1.807) is 22.7 Å². The maximum atomic E-state index is 5.83. The van der Waals surface area contributed by atoms with Gasteiger partial charge < -0.3 is 10.5 Å². The Balaban J connectivity index is 1.92. The molecule has 0 radical (unpaired) electrons. The third-order valence-corrected chi connectivity index (χ3v) is 5.73. The number of ether oxygens (including phenoxy) is 1. The molecule has 0 spiro atoms. The molecule has 0 bridgehead atoms. The fourth-order valence-electron chi connectivity index (χ4n) is 1.75. The van der Waals surface area contributed by atoms with Crippen molar-refractivity contribution in [3.05, 3.63) is 26.3 Å². The molecule has 0 saturated carbocycles. The summed E-state index contributed by atoms with van der Waals surface area (Å²) in [7, 11) is 0. The van der Waals surface area contributed by atoms with Crippen molar-refractivity contribution in [3.8, 4) is 10.6 Å². The maximum Gasteiger partial charge on any atom is 0.105 e. The van der Waals surface area contributed by atoms with Crippen molar-refractivity contribution in [2.24, 2.45) is 5.73 Å². The van der Waals surface area contributed by atoms with Gasteiger partial charge in [0.15, 0.2) is 0 Å². The molecular formula is C11H11BrN2OS2. The van der Waals surface area contributed by atoms with Crippen LogP contribution in [-0.2, 0) is 10.2 Å². The normalized spacial score (nSPS) is 18.0. The van der Waals surface area contributed by atoms with Crippen LogP contribution in [-0.4, -0.2) is 24.7 Å². The van der Waals surface area contributed by atoms with Crippen LogP contribution in [0.1, 0.15) is 5.01 Å². The zero-order valence-corrected chi connectivity index (χ0v) is 12.2. The average Bonchev–Trinajstić information content (AvgIpc) is 2.86. The van der Waals surface area contributed by atoms with Crippen LogP contribution in [0.2, 0.25) is 0 Å². The molecule has 0 aliphatic carbocycles. The van der Waals surface area contributed by atoms with E-state index in [1.165, 1.54) is 4.88 Å². The fraction of sp³-hybridized carbons (Fsp3) is 0.364. The molecule has 2 aromatic rings. The van der Waals surface area contributed by atoms with Gasteiger partial charge in [0.2, 0.25) is 0 Å². The van der Waals surface area contributed by atoms with Crippen molar-refractivity contribution < 1.29 is 4.74 Å². The van der Waals surface area contributed by atoms with Crippen LogP contribution >= 0.6 is 38.6 Å². The zero-order chi connectivity index (χ0) is 11.9. The highest BCUT2D eigenvalue weighted by Crippen LogP contribution is 2.37. The van der Waals surface area contributed by atoms with Gasteiger partial charge in [0.25, 0.3) is 0 Å². The summed E-state index contributed by atoms with van der Waals surface area (Å²) in [4.78, 5) is 5.89. The molecule has 0 aromatic carbocycles. The molecule has 6 heteroatoms. The Bertz CT molecular complexity index is 528. The topological polar surface area (TPSA) is 48.1 Å². The lowest BCUT2D eigenvalue weighted by Gasteiger charge is -2.38. The van der Waals surface area contributed by atoms with E-state index >= 15 is 0 Å². The quantitative estimate of drug-likeness (QED) is 0.941. The Hall–Kier alpha value is -0.270. The molecule has 0 unspecified atom stereocenters. The Morgan fingerprint density at radius 1 is 1.41 bits per heavy atom. The van der Waals surface area contributed by atoms with Crippen molar-refractivity contribution in [2.45, 2.75) is 5.41 Å². The molecule has 0 amide bonds. The highest BCUT2D eigenvalue weighted by molar-refractivity contribution is 9.10. The second kappa shape index (κ2) is 4.44. The first-order valence-electron chi connectivity index (χ1n) is 5.22. The zero-order valence-electron chi connectivity index (χ0n) is 8.98. The van der Waals surface area contributed by atoms with Crippen molar-refractivity contribution in [1.82, 2.24) is 4.98 Å². The van der Waals surface area contributed by atoms with Crippen molar-refractivity contribution in [2.75, 3.05) is 19.8 Å². The van der Waals surface area contributed by atoms with Crippen LogP contribution in [0.3, 0.4) is 0 Å². The highest BCUT2D eigenvalue weighted by Gasteiger charge is 2.41. The lowest BCUT2D eigenvalue weighted by Crippen LogP contribution is -2.52. The Kier molecular flexibility index (Phi) is 3.08. The Morgan fingerprint density at radius 3 is 2.76 bits per heavy atom. The number of nitrogens with zero attached hydrogens (tertiary/aromatic N) is 1. The third kappa shape index (κ3) is 1.98. The van der Waals surface area contributed by atoms with Gasteiger partial charge in [-0.2, -0.15) is 0 Å². The molecule has 2 aromatic heterocycles. The predicted molar refractivity (Wildman–Crippen MR) is 74.7 cm³/mol. The summed E-state index contributed by atoms with van der Waals surface area (Å²) in [6, 6.07) is 2.09. The average molecular weight is 331 g/mol. The number of hydrogen-bond acceptors (Lipinski definition) is 5. The van der Waals surface area contributed by atoms with Crippen LogP contribution < -0.4 is 5.73 Å². The fourth-order valence-corrected chi connectivity index (χ4v) is 4.22. The number of thiophene rings is 1. The number of aromatic nitrogens is 1. The minimum Gasteiger partial charge on any atom is -0.379 e. The number of thiazole rings is 1. The van der Waals surface area contributed by atoms with Gasteiger partial charge in [-0.15, -0.1) is 22.7 Å². The second-order valence-electron chi connectivity index (χ2n) is 4.14. The maximum absolute atomic E-state index is 5.83. The van der Waals surface area contributed by atoms with E-state index in [4.69, 9.17) is 15.5 Å². The molecule has 17 heavy (non-hydrogen) atoms. The molecule has 90 valence electrons. The molecule has 1 aliphatic rings. The molecule has 3 heterocycles. The smallest absolute Gasteiger partial charge is 0.105 e. The molecule has 2 N–H and O–H groups in total. The van der Waals surface area contributed by atoms with Gasteiger partial charge in [0.05, 0.1) is 29.2 Å². The molecule has 0 atom stereocenters. The largest absolute Gasteiger partial charge is 0.379 e. The van der Waals surface area contributed by atoms with Crippen molar-refractivity contribution >= 4 is 38.6 Å². The number of hydrogen-bond donors (Lipinski definition) is 1. The highest BCUT2D eigenvalue weighted by atomic mass is 79.9. The molecule has 1 fully saturated rings. The summed E-state index contributed by atoms with van der Waals surface area (Å²) in [5, 5.41) is 5.27. The third-order valence-electron chi connectivity index (χ3n) is 2.93. The Morgan fingerprint density at radius 2 is 2.24 bits per heavy atom. The molecule has 3 nitrogen and oxygen atoms in total. The number of nitrogens with two attached hydrogens (primary N) is 1. The first kappa shape index (κ1) is 11.8. The first-order valence-corrected chi connectivity index (χ1v) is 7.77. The molecule has 1 saturated heterocycles. The minimum absolute atomic E-state index is 0.0303. The van der Waals surface area contributed by atoms with Gasteiger partial charge in [-0.3, -0.25) is 0 Å². The second-order valence-corrected chi connectivity index (χ2v) is 6.83. The lowest BCUT2D eigenvalue weighted by atomic mass is 9.87. The lowest BCUT2D eigenvalue weighted by molar-refractivity contribution is -0.0550. The molecular weight excluding hydrogens is 320 g/mol. The van der Waals surface area contributed by atoms with Gasteiger partial charge in [-0.1, -0.05) is 0 Å². The monoisotopic (exact) mass is 330 g/mol. The summed E-state index contributed by atoms with van der Waals surface area (Å²) in [6.45, 7) is 2.00. The summed E-state index contributed by atoms with van der Waals surface area (Å²) in [5.41, 5.74) is 6.85. The van der Waals surface area contributed by atoms with Gasteiger partial charge in [-0.25, -0.2) is 4.98 Å². The molecule has 1 aliphatic heterocycles. The number of rotatable bonds is 3. The van der Waals surface area contributed by atoms with Gasteiger partial charge >= 0.3 is 0 Å². The van der Waals surface area contributed by atoms with E-state index in [0.717, 1.165) is 15.2 Å². The van der Waals surface area contributed by atoms with Crippen LogP contribution in [0, 0.1) is 0 Å². The van der Waals surface area contributed by atoms with Crippen LogP contribution in [0.4, 0.5) is 0 Å². The van der Waals surface area contributed by atoms with E-state index in [1.807, 2.05) is 0 Å². The summed E-state index contributed by atoms with van der Waals surface area (Å²) < 4.78 is 6.39. The van der Waals surface area contributed by atoms with Crippen molar-refractivity contribution in [3.63, 3.8) is 0 Å². The summed E-state index contributed by atoms with van der Waals surface area (Å²) >= 11 is 6.84. The summed E-state index contributed by atoms with van der Waals surface area (Å²) in [6.07, 6.45) is 0. The van der Waals surface area contributed by atoms with E-state index in [2.05, 4.69) is 32.8 Å². The van der Waals surface area contributed by atoms with Gasteiger partial charge in [0.1, 0.15) is 5.01 Å². The van der Waals surface area contributed by atoms with E-state index in [0.29, 0.717) is 19.8 Å². The number of halogens is 1. The predicted octanol–water partition coefficient (Wildman–Crippen LogP) is 2.86. The minimum atomic E-state index is -0.0303. The first-order chi connectivity index (χ1) is 8.23. The van der Waals surface area contributed by atoms with E-state index in [9.17, 15) is 0 Å². The van der Waals surface area contributed by atoms with Crippen molar-refractivity contribution in [1.29, 1.82) is 0 Å².